The first-order valence-corrected chi connectivity index (χ1v) is 3.58. The molecule has 1 fully saturated rings. The third-order valence-corrected chi connectivity index (χ3v) is 2.15. The van der Waals surface area contributed by atoms with Crippen LogP contribution in [-0.4, -0.2) is 22.2 Å². The topological polar surface area (TPSA) is 74.6 Å². The van der Waals surface area contributed by atoms with E-state index in [9.17, 15) is 9.59 Å². The van der Waals surface area contributed by atoms with Crippen molar-refractivity contribution in [2.75, 3.05) is 0 Å². The summed E-state index contributed by atoms with van der Waals surface area (Å²) < 4.78 is 0. The molecular weight excluding hydrogens is 256 g/mol. The largest absolute Gasteiger partial charge is 0.481 e. The monoisotopic (exact) mass is 265 g/mol. The van der Waals surface area contributed by atoms with Gasteiger partial charge in [-0.15, -0.1) is 0 Å². The molecule has 0 saturated heterocycles. The molecule has 1 saturated carbocycles. The number of carboxylic acid groups (broad SMARTS) is 2. The number of aliphatic carboxylic acids is 2. The van der Waals surface area contributed by atoms with Crippen LogP contribution in [0.15, 0.2) is 0 Å². The maximum Gasteiger partial charge on any atom is 0.307 e. The molecule has 2 atom stereocenters. The molecule has 73 valence electrons. The molecule has 12 heavy (non-hydrogen) atoms. The summed E-state index contributed by atoms with van der Waals surface area (Å²) in [6.07, 6.45) is 1.73. The van der Waals surface area contributed by atoms with Crippen LogP contribution in [0.3, 0.4) is 0 Å². The summed E-state index contributed by atoms with van der Waals surface area (Å²) in [6.45, 7) is 0. The Bertz CT molecular complexity index is 172. The second kappa shape index (κ2) is 4.64. The zero-order valence-electron chi connectivity index (χ0n) is 6.29. The Kier molecular flexibility index (Phi) is 4.52. The van der Waals surface area contributed by atoms with Gasteiger partial charge in [0.2, 0.25) is 0 Å². The van der Waals surface area contributed by atoms with E-state index in [4.69, 9.17) is 10.2 Å². The van der Waals surface area contributed by atoms with Gasteiger partial charge in [-0.2, -0.15) is 0 Å². The van der Waals surface area contributed by atoms with Gasteiger partial charge in [0.15, 0.2) is 0 Å². The standard InChI is InChI=1S/C7H10O4.Ag/c8-6(9)4-2-1-3-5(4)7(10)11;/h4-5H,1-3H2,(H,8,9)(H,10,11);. The Morgan fingerprint density at radius 3 is 1.58 bits per heavy atom. The predicted octanol–water partition coefficient (Wildman–Crippen LogP) is 0.569. The summed E-state index contributed by atoms with van der Waals surface area (Å²) in [5.74, 6) is -3.27. The maximum atomic E-state index is 10.5. The molecule has 0 aliphatic heterocycles. The van der Waals surface area contributed by atoms with Crippen molar-refractivity contribution in [3.05, 3.63) is 0 Å². The van der Waals surface area contributed by atoms with Gasteiger partial charge in [-0.25, -0.2) is 0 Å². The van der Waals surface area contributed by atoms with Crippen LogP contribution < -0.4 is 0 Å². The van der Waals surface area contributed by atoms with Gasteiger partial charge in [0.1, 0.15) is 0 Å². The van der Waals surface area contributed by atoms with E-state index >= 15 is 0 Å². The van der Waals surface area contributed by atoms with Crippen LogP contribution >= 0.6 is 0 Å². The SMILES string of the molecule is O=C(O)C1CCCC1C(=O)O.[Ag]. The zero-order chi connectivity index (χ0) is 8.43. The number of carbonyl (C=O) groups is 2. The molecule has 0 aromatic heterocycles. The van der Waals surface area contributed by atoms with Crippen LogP contribution in [0.4, 0.5) is 0 Å². The average molecular weight is 266 g/mol. The molecule has 0 spiro atoms. The Balaban J connectivity index is 0.00000121. The van der Waals surface area contributed by atoms with Crippen LogP contribution in [0.1, 0.15) is 19.3 Å². The molecule has 1 rings (SSSR count). The second-order valence-electron chi connectivity index (χ2n) is 2.82. The minimum atomic E-state index is -0.977. The van der Waals surface area contributed by atoms with E-state index in [1.165, 1.54) is 0 Å². The summed E-state index contributed by atoms with van der Waals surface area (Å²) in [6, 6.07) is 0. The fourth-order valence-corrected chi connectivity index (χ4v) is 1.55. The molecular formula is C7H10AgO4. The van der Waals surface area contributed by atoms with Crippen molar-refractivity contribution >= 4 is 11.9 Å². The molecule has 0 bridgehead atoms. The van der Waals surface area contributed by atoms with Crippen LogP contribution in [-0.2, 0) is 32.0 Å². The summed E-state index contributed by atoms with van der Waals surface area (Å²) in [5.41, 5.74) is 0. The van der Waals surface area contributed by atoms with E-state index in [-0.39, 0.29) is 22.4 Å². The molecule has 0 heterocycles. The first kappa shape index (κ1) is 11.7. The molecule has 2 N–H and O–H groups in total. The van der Waals surface area contributed by atoms with E-state index in [2.05, 4.69) is 0 Å². The van der Waals surface area contributed by atoms with Gasteiger partial charge in [-0.3, -0.25) is 9.59 Å². The third-order valence-electron chi connectivity index (χ3n) is 2.15. The minimum absolute atomic E-state index is 0. The second-order valence-corrected chi connectivity index (χ2v) is 2.82. The van der Waals surface area contributed by atoms with Gasteiger partial charge in [0, 0.05) is 22.4 Å². The van der Waals surface area contributed by atoms with Crippen molar-refractivity contribution in [1.29, 1.82) is 0 Å². The Labute approximate surface area is 85.5 Å². The molecule has 0 aromatic carbocycles. The molecule has 0 amide bonds. The van der Waals surface area contributed by atoms with Gasteiger partial charge < -0.3 is 10.2 Å². The summed E-state index contributed by atoms with van der Waals surface area (Å²) >= 11 is 0. The van der Waals surface area contributed by atoms with Crippen molar-refractivity contribution < 1.29 is 42.2 Å². The summed E-state index contributed by atoms with van der Waals surface area (Å²) in [7, 11) is 0. The Morgan fingerprint density at radius 2 is 1.33 bits per heavy atom. The van der Waals surface area contributed by atoms with Crippen LogP contribution in [0.25, 0.3) is 0 Å². The van der Waals surface area contributed by atoms with Crippen LogP contribution in [0, 0.1) is 11.8 Å². The zero-order valence-corrected chi connectivity index (χ0v) is 7.77. The van der Waals surface area contributed by atoms with Gasteiger partial charge >= 0.3 is 11.9 Å². The van der Waals surface area contributed by atoms with E-state index in [1.54, 1.807) is 0 Å². The number of hydrogen-bond donors (Lipinski definition) is 2. The quantitative estimate of drug-likeness (QED) is 0.716. The van der Waals surface area contributed by atoms with E-state index in [1.807, 2.05) is 0 Å². The number of carboxylic acids is 2. The van der Waals surface area contributed by atoms with Crippen molar-refractivity contribution in [2.24, 2.45) is 11.8 Å². The normalized spacial score (nSPS) is 27.7. The van der Waals surface area contributed by atoms with Gasteiger partial charge in [-0.05, 0) is 12.8 Å². The number of rotatable bonds is 2. The fraction of sp³-hybridized carbons (Fsp3) is 0.714. The maximum absolute atomic E-state index is 10.5. The third kappa shape index (κ3) is 2.33. The van der Waals surface area contributed by atoms with E-state index < -0.39 is 23.8 Å². The molecule has 1 aliphatic carbocycles. The Hall–Kier alpha value is -0.320. The Morgan fingerprint density at radius 1 is 1.00 bits per heavy atom. The molecule has 2 unspecified atom stereocenters. The van der Waals surface area contributed by atoms with Crippen molar-refractivity contribution in [1.82, 2.24) is 0 Å². The van der Waals surface area contributed by atoms with Gasteiger partial charge in [-0.1, -0.05) is 6.42 Å². The molecule has 0 aromatic rings. The summed E-state index contributed by atoms with van der Waals surface area (Å²) in [5, 5.41) is 17.1. The minimum Gasteiger partial charge on any atom is -0.481 e. The van der Waals surface area contributed by atoms with Crippen molar-refractivity contribution in [2.45, 2.75) is 19.3 Å². The fourth-order valence-electron chi connectivity index (χ4n) is 1.55. The van der Waals surface area contributed by atoms with Crippen molar-refractivity contribution in [3.63, 3.8) is 0 Å². The molecule has 1 radical (unpaired) electrons. The summed E-state index contributed by atoms with van der Waals surface area (Å²) in [4.78, 5) is 20.9. The first-order chi connectivity index (χ1) is 5.13. The van der Waals surface area contributed by atoms with E-state index in [0.717, 1.165) is 0 Å². The van der Waals surface area contributed by atoms with Crippen molar-refractivity contribution in [3.8, 4) is 0 Å². The number of hydrogen-bond acceptors (Lipinski definition) is 2. The first-order valence-electron chi connectivity index (χ1n) is 3.58. The average Bonchev–Trinajstić information content (AvgIpc) is 2.32. The smallest absolute Gasteiger partial charge is 0.307 e. The van der Waals surface area contributed by atoms with E-state index in [0.29, 0.717) is 19.3 Å². The molecule has 1 aliphatic rings. The van der Waals surface area contributed by atoms with Gasteiger partial charge in [0.25, 0.3) is 0 Å². The molecule has 4 nitrogen and oxygen atoms in total. The van der Waals surface area contributed by atoms with Gasteiger partial charge in [0.05, 0.1) is 11.8 Å². The molecule has 5 heteroatoms. The predicted molar refractivity (Wildman–Crippen MR) is 36.1 cm³/mol. The van der Waals surface area contributed by atoms with Crippen LogP contribution in [0.2, 0.25) is 0 Å². The van der Waals surface area contributed by atoms with Crippen LogP contribution in [0.5, 0.6) is 0 Å².